The largest absolute Gasteiger partial charge is 0.385 e. The molecule has 0 aliphatic carbocycles. The van der Waals surface area contributed by atoms with Gasteiger partial charge in [0.25, 0.3) is 5.91 Å². The van der Waals surface area contributed by atoms with Crippen molar-refractivity contribution in [3.8, 4) is 11.4 Å². The molecule has 0 bridgehead atoms. The van der Waals surface area contributed by atoms with Gasteiger partial charge in [0.05, 0.1) is 5.69 Å². The van der Waals surface area contributed by atoms with Crippen LogP contribution in [0.15, 0.2) is 28.9 Å². The summed E-state index contributed by atoms with van der Waals surface area (Å²) in [5, 5.41) is 6.55. The zero-order valence-corrected chi connectivity index (χ0v) is 11.1. The van der Waals surface area contributed by atoms with Crippen LogP contribution in [0.1, 0.15) is 16.8 Å². The van der Waals surface area contributed by atoms with E-state index in [9.17, 15) is 4.79 Å². The van der Waals surface area contributed by atoms with Gasteiger partial charge in [0.1, 0.15) is 11.3 Å². The number of hydrogen-bond donors (Lipinski definition) is 2. The number of methoxy groups -OCH3 is 1. The predicted molar refractivity (Wildman–Crippen MR) is 73.0 cm³/mol. The van der Waals surface area contributed by atoms with Crippen molar-refractivity contribution >= 4 is 11.8 Å². The van der Waals surface area contributed by atoms with Gasteiger partial charge < -0.3 is 20.3 Å². The number of carbonyl (C=O) groups excluding carboxylic acids is 1. The van der Waals surface area contributed by atoms with E-state index in [-0.39, 0.29) is 17.4 Å². The number of aromatic nitrogens is 2. The monoisotopic (exact) mass is 276 g/mol. The lowest BCUT2D eigenvalue weighted by molar-refractivity contribution is 0.0949. The summed E-state index contributed by atoms with van der Waals surface area (Å²) in [7, 11) is 1.61. The van der Waals surface area contributed by atoms with Gasteiger partial charge in [0.2, 0.25) is 5.88 Å². The molecule has 2 heterocycles. The van der Waals surface area contributed by atoms with Gasteiger partial charge in [-0.15, -0.1) is 0 Å². The molecule has 7 nitrogen and oxygen atoms in total. The molecule has 1 amide bonds. The summed E-state index contributed by atoms with van der Waals surface area (Å²) >= 11 is 0. The Morgan fingerprint density at radius 1 is 1.50 bits per heavy atom. The van der Waals surface area contributed by atoms with Crippen molar-refractivity contribution in [2.24, 2.45) is 0 Å². The van der Waals surface area contributed by atoms with Gasteiger partial charge in [-0.2, -0.15) is 0 Å². The standard InChI is InChI=1S/C13H16N4O3/c1-19-8-4-7-16-13(18)10-11(17-20-12(10)14)9-5-2-3-6-15-9/h2-3,5-6H,4,7-8,14H2,1H3,(H,16,18). The van der Waals surface area contributed by atoms with E-state index in [0.717, 1.165) is 0 Å². The molecule has 0 aromatic carbocycles. The Morgan fingerprint density at radius 3 is 3.05 bits per heavy atom. The van der Waals surface area contributed by atoms with Gasteiger partial charge in [-0.1, -0.05) is 11.2 Å². The SMILES string of the molecule is COCCCNC(=O)c1c(-c2ccccn2)noc1N. The number of nitrogens with two attached hydrogens (primary N) is 1. The summed E-state index contributed by atoms with van der Waals surface area (Å²) in [6.07, 6.45) is 2.33. The third kappa shape index (κ3) is 3.12. The maximum absolute atomic E-state index is 12.1. The Labute approximate surface area is 116 Å². The van der Waals surface area contributed by atoms with Crippen molar-refractivity contribution < 1.29 is 14.1 Å². The molecule has 0 saturated heterocycles. The van der Waals surface area contributed by atoms with Crippen LogP contribution < -0.4 is 11.1 Å². The summed E-state index contributed by atoms with van der Waals surface area (Å²) in [6, 6.07) is 5.31. The number of ether oxygens (including phenoxy) is 1. The van der Waals surface area contributed by atoms with Crippen molar-refractivity contribution in [3.05, 3.63) is 30.0 Å². The van der Waals surface area contributed by atoms with E-state index in [1.165, 1.54) is 0 Å². The Balaban J connectivity index is 2.15. The van der Waals surface area contributed by atoms with E-state index >= 15 is 0 Å². The first kappa shape index (κ1) is 14.0. The number of nitrogens with zero attached hydrogens (tertiary/aromatic N) is 2. The smallest absolute Gasteiger partial charge is 0.259 e. The van der Waals surface area contributed by atoms with E-state index in [0.29, 0.717) is 31.0 Å². The van der Waals surface area contributed by atoms with Crippen LogP contribution in [0.5, 0.6) is 0 Å². The lowest BCUT2D eigenvalue weighted by atomic mass is 10.1. The Bertz CT molecular complexity index is 568. The highest BCUT2D eigenvalue weighted by molar-refractivity contribution is 6.03. The molecule has 0 atom stereocenters. The third-order valence-corrected chi connectivity index (χ3v) is 2.66. The van der Waals surface area contributed by atoms with E-state index in [1.54, 1.807) is 31.5 Å². The first-order chi connectivity index (χ1) is 9.74. The van der Waals surface area contributed by atoms with Gasteiger partial charge in [-0.25, -0.2) is 0 Å². The number of nitrogens with one attached hydrogen (secondary N) is 1. The van der Waals surface area contributed by atoms with Crippen LogP contribution in [0.4, 0.5) is 5.88 Å². The number of carbonyl (C=O) groups is 1. The van der Waals surface area contributed by atoms with Gasteiger partial charge in [0.15, 0.2) is 0 Å². The quantitative estimate of drug-likeness (QED) is 0.765. The van der Waals surface area contributed by atoms with Gasteiger partial charge in [-0.05, 0) is 18.6 Å². The number of hydrogen-bond acceptors (Lipinski definition) is 6. The predicted octanol–water partition coefficient (Wildman–Crippen LogP) is 1.09. The third-order valence-electron chi connectivity index (χ3n) is 2.66. The Morgan fingerprint density at radius 2 is 2.35 bits per heavy atom. The molecule has 2 rings (SSSR count). The fourth-order valence-electron chi connectivity index (χ4n) is 1.71. The van der Waals surface area contributed by atoms with Gasteiger partial charge in [-0.3, -0.25) is 9.78 Å². The minimum atomic E-state index is -0.333. The van der Waals surface area contributed by atoms with Crippen molar-refractivity contribution in [2.75, 3.05) is 26.0 Å². The molecule has 0 spiro atoms. The maximum atomic E-state index is 12.1. The lowest BCUT2D eigenvalue weighted by Crippen LogP contribution is -2.26. The average Bonchev–Trinajstić information content (AvgIpc) is 2.86. The molecule has 106 valence electrons. The Hall–Kier alpha value is -2.41. The highest BCUT2D eigenvalue weighted by Crippen LogP contribution is 2.25. The van der Waals surface area contributed by atoms with E-state index < -0.39 is 0 Å². The van der Waals surface area contributed by atoms with Crippen LogP contribution in [0.2, 0.25) is 0 Å². The van der Waals surface area contributed by atoms with Gasteiger partial charge >= 0.3 is 0 Å². The molecule has 20 heavy (non-hydrogen) atoms. The summed E-state index contributed by atoms with van der Waals surface area (Å²) in [4.78, 5) is 16.3. The van der Waals surface area contributed by atoms with E-state index in [4.69, 9.17) is 15.0 Å². The molecule has 0 fully saturated rings. The summed E-state index contributed by atoms with van der Waals surface area (Å²) in [5.74, 6) is -0.351. The highest BCUT2D eigenvalue weighted by atomic mass is 16.5. The second-order valence-corrected chi connectivity index (χ2v) is 4.09. The summed E-state index contributed by atoms with van der Waals surface area (Å²) < 4.78 is 9.82. The number of anilines is 1. The average molecular weight is 276 g/mol. The molecule has 0 aliphatic rings. The second kappa shape index (κ2) is 6.67. The van der Waals surface area contributed by atoms with Crippen molar-refractivity contribution in [2.45, 2.75) is 6.42 Å². The fourth-order valence-corrected chi connectivity index (χ4v) is 1.71. The zero-order valence-electron chi connectivity index (χ0n) is 11.1. The molecule has 3 N–H and O–H groups in total. The van der Waals surface area contributed by atoms with Gasteiger partial charge in [0, 0.05) is 26.5 Å². The molecule has 0 aliphatic heterocycles. The number of amides is 1. The highest BCUT2D eigenvalue weighted by Gasteiger charge is 2.22. The first-order valence-electron chi connectivity index (χ1n) is 6.17. The van der Waals surface area contributed by atoms with Crippen LogP contribution >= 0.6 is 0 Å². The van der Waals surface area contributed by atoms with Crippen LogP contribution in [0.25, 0.3) is 11.4 Å². The van der Waals surface area contributed by atoms with E-state index in [2.05, 4.69) is 15.5 Å². The molecule has 0 saturated carbocycles. The summed E-state index contributed by atoms with van der Waals surface area (Å²) in [5.41, 5.74) is 6.75. The molecular weight excluding hydrogens is 260 g/mol. The molecule has 0 radical (unpaired) electrons. The molecule has 0 unspecified atom stereocenters. The number of rotatable bonds is 6. The molecular formula is C13H16N4O3. The Kier molecular flexibility index (Phi) is 4.67. The normalized spacial score (nSPS) is 10.4. The van der Waals surface area contributed by atoms with Crippen molar-refractivity contribution in [1.29, 1.82) is 0 Å². The fraction of sp³-hybridized carbons (Fsp3) is 0.308. The van der Waals surface area contributed by atoms with Crippen LogP contribution in [0, 0.1) is 0 Å². The maximum Gasteiger partial charge on any atom is 0.259 e. The number of nitrogen functional groups attached to an aromatic ring is 1. The number of pyridine rings is 1. The first-order valence-corrected chi connectivity index (χ1v) is 6.17. The van der Waals surface area contributed by atoms with Crippen LogP contribution in [-0.2, 0) is 4.74 Å². The van der Waals surface area contributed by atoms with Crippen molar-refractivity contribution in [3.63, 3.8) is 0 Å². The van der Waals surface area contributed by atoms with E-state index in [1.807, 2.05) is 0 Å². The second-order valence-electron chi connectivity index (χ2n) is 4.09. The molecule has 2 aromatic heterocycles. The zero-order chi connectivity index (χ0) is 14.4. The summed E-state index contributed by atoms with van der Waals surface area (Å²) in [6.45, 7) is 1.06. The van der Waals surface area contributed by atoms with Crippen molar-refractivity contribution in [1.82, 2.24) is 15.5 Å². The lowest BCUT2D eigenvalue weighted by Gasteiger charge is -2.04. The molecule has 7 heteroatoms. The van der Waals surface area contributed by atoms with Crippen LogP contribution in [-0.4, -0.2) is 36.3 Å². The minimum Gasteiger partial charge on any atom is -0.385 e. The minimum absolute atomic E-state index is 0.0186. The van der Waals surface area contributed by atoms with Crippen LogP contribution in [0.3, 0.4) is 0 Å². The molecule has 2 aromatic rings. The topological polar surface area (TPSA) is 103 Å².